The summed E-state index contributed by atoms with van der Waals surface area (Å²) >= 11 is 0. The van der Waals surface area contributed by atoms with E-state index in [4.69, 9.17) is 4.98 Å². The highest BCUT2D eigenvalue weighted by molar-refractivity contribution is 5.84. The third kappa shape index (κ3) is 3.55. The van der Waals surface area contributed by atoms with Crippen molar-refractivity contribution in [3.8, 4) is 17.2 Å². The highest BCUT2D eigenvalue weighted by Gasteiger charge is 2.40. The molecule has 0 spiro atoms. The molecule has 0 aliphatic carbocycles. The number of hydrogen-bond acceptors (Lipinski definition) is 6. The van der Waals surface area contributed by atoms with Gasteiger partial charge in [0.2, 0.25) is 5.56 Å². The van der Waals surface area contributed by atoms with Crippen LogP contribution < -0.4 is 10.5 Å². The molecular formula is C26H25N7O. The Morgan fingerprint density at radius 2 is 1.97 bits per heavy atom. The predicted molar refractivity (Wildman–Crippen MR) is 130 cm³/mol. The Hall–Kier alpha value is -3.96. The average molecular weight is 452 g/mol. The van der Waals surface area contributed by atoms with Crippen molar-refractivity contribution in [3.05, 3.63) is 82.2 Å². The second-order valence-electron chi connectivity index (χ2n) is 9.32. The molecule has 6 heterocycles. The van der Waals surface area contributed by atoms with E-state index >= 15 is 0 Å². The number of anilines is 1. The summed E-state index contributed by atoms with van der Waals surface area (Å²) in [7, 11) is 0. The number of H-pyrrole nitrogens is 1. The van der Waals surface area contributed by atoms with E-state index in [1.165, 1.54) is 12.8 Å². The first kappa shape index (κ1) is 20.6. The van der Waals surface area contributed by atoms with Gasteiger partial charge in [0.1, 0.15) is 11.9 Å². The molecule has 170 valence electrons. The third-order valence-electron chi connectivity index (χ3n) is 7.10. The zero-order valence-electron chi connectivity index (χ0n) is 19.0. The maximum Gasteiger partial charge on any atom is 0.247 e. The van der Waals surface area contributed by atoms with Crippen molar-refractivity contribution < 1.29 is 0 Å². The smallest absolute Gasteiger partial charge is 0.247 e. The number of nitrogens with zero attached hydrogens (tertiary/aromatic N) is 6. The van der Waals surface area contributed by atoms with Gasteiger partial charge in [-0.1, -0.05) is 6.07 Å². The number of pyridine rings is 3. The number of piperazine rings is 1. The molecule has 2 atom stereocenters. The standard InChI is InChI=1S/C26H25N7O/c1-17-8-23(26-20(9-27)12-30-33(26)13-17)19-3-6-24(28-11-19)31-15-21-4-5-22(16-31)32(21)14-18-2-7-25(34)29-10-18/h2-3,6-8,10-13,21-22H,4-5,14-16H2,1H3,(H,29,34). The highest BCUT2D eigenvalue weighted by atomic mass is 16.1. The lowest BCUT2D eigenvalue weighted by Crippen LogP contribution is -2.53. The fourth-order valence-corrected chi connectivity index (χ4v) is 5.48. The summed E-state index contributed by atoms with van der Waals surface area (Å²) in [5.74, 6) is 0.988. The van der Waals surface area contributed by atoms with Crippen molar-refractivity contribution in [2.24, 2.45) is 0 Å². The van der Waals surface area contributed by atoms with E-state index in [-0.39, 0.29) is 5.56 Å². The van der Waals surface area contributed by atoms with Crippen molar-refractivity contribution in [2.45, 2.75) is 38.4 Å². The number of fused-ring (bicyclic) bond motifs is 3. The molecule has 8 heteroatoms. The minimum Gasteiger partial charge on any atom is -0.353 e. The third-order valence-corrected chi connectivity index (χ3v) is 7.10. The maximum atomic E-state index is 11.4. The van der Waals surface area contributed by atoms with Gasteiger partial charge in [0.25, 0.3) is 0 Å². The Kier molecular flexibility index (Phi) is 4.93. The first-order chi connectivity index (χ1) is 16.6. The lowest BCUT2D eigenvalue weighted by Gasteiger charge is -2.41. The lowest BCUT2D eigenvalue weighted by molar-refractivity contribution is 0.160. The Morgan fingerprint density at radius 3 is 2.65 bits per heavy atom. The van der Waals surface area contributed by atoms with Gasteiger partial charge in [0.05, 0.1) is 17.3 Å². The van der Waals surface area contributed by atoms with Crippen LogP contribution in [0.5, 0.6) is 0 Å². The minimum absolute atomic E-state index is 0.0606. The number of aromatic amines is 1. The van der Waals surface area contributed by atoms with Crippen LogP contribution in [0.1, 0.15) is 29.5 Å². The summed E-state index contributed by atoms with van der Waals surface area (Å²) in [5, 5.41) is 13.9. The second kappa shape index (κ2) is 8.12. The molecule has 4 aromatic rings. The van der Waals surface area contributed by atoms with Crippen molar-refractivity contribution in [1.82, 2.24) is 24.5 Å². The molecule has 0 saturated carbocycles. The van der Waals surface area contributed by atoms with Crippen LogP contribution in [0, 0.1) is 18.3 Å². The summed E-state index contributed by atoms with van der Waals surface area (Å²) in [6.45, 7) is 4.78. The summed E-state index contributed by atoms with van der Waals surface area (Å²) in [6, 6.07) is 13.0. The molecule has 0 radical (unpaired) electrons. The van der Waals surface area contributed by atoms with Gasteiger partial charge in [-0.15, -0.1) is 0 Å². The van der Waals surface area contributed by atoms with Crippen LogP contribution in [-0.2, 0) is 6.54 Å². The van der Waals surface area contributed by atoms with Crippen LogP contribution in [-0.4, -0.2) is 49.7 Å². The summed E-state index contributed by atoms with van der Waals surface area (Å²) < 4.78 is 1.77. The van der Waals surface area contributed by atoms with Crippen LogP contribution in [0.25, 0.3) is 16.6 Å². The van der Waals surface area contributed by atoms with Gasteiger partial charge >= 0.3 is 0 Å². The van der Waals surface area contributed by atoms with Gasteiger partial charge in [0.15, 0.2) is 0 Å². The van der Waals surface area contributed by atoms with Gasteiger partial charge in [-0.05, 0) is 49.1 Å². The topological polar surface area (TPSA) is 93.3 Å². The largest absolute Gasteiger partial charge is 0.353 e. The van der Waals surface area contributed by atoms with Gasteiger partial charge in [-0.2, -0.15) is 10.4 Å². The fraction of sp³-hybridized carbons (Fsp3) is 0.308. The number of aromatic nitrogens is 4. The number of nitriles is 1. The van der Waals surface area contributed by atoms with Gasteiger partial charge in [0, 0.05) is 67.5 Å². The zero-order chi connectivity index (χ0) is 23.2. The van der Waals surface area contributed by atoms with Gasteiger partial charge < -0.3 is 9.88 Å². The maximum absolute atomic E-state index is 11.4. The average Bonchev–Trinajstić information content (AvgIpc) is 3.35. The molecule has 2 unspecified atom stereocenters. The Bertz CT molecular complexity index is 1430. The Labute approximate surface area is 197 Å². The molecule has 8 nitrogen and oxygen atoms in total. The van der Waals surface area contributed by atoms with E-state index in [1.54, 1.807) is 16.8 Å². The molecule has 2 saturated heterocycles. The number of aryl methyl sites for hydroxylation is 1. The van der Waals surface area contributed by atoms with Crippen LogP contribution in [0.3, 0.4) is 0 Å². The number of hydrogen-bond donors (Lipinski definition) is 1. The monoisotopic (exact) mass is 451 g/mol. The van der Waals surface area contributed by atoms with E-state index in [0.29, 0.717) is 17.6 Å². The van der Waals surface area contributed by atoms with E-state index in [2.05, 4.69) is 44.2 Å². The van der Waals surface area contributed by atoms with Crippen LogP contribution in [0.2, 0.25) is 0 Å². The van der Waals surface area contributed by atoms with Crippen LogP contribution >= 0.6 is 0 Å². The zero-order valence-corrected chi connectivity index (χ0v) is 19.0. The van der Waals surface area contributed by atoms with Crippen LogP contribution in [0.4, 0.5) is 5.82 Å². The predicted octanol–water partition coefficient (Wildman–Crippen LogP) is 3.12. The van der Waals surface area contributed by atoms with Crippen molar-refractivity contribution >= 4 is 11.3 Å². The Morgan fingerprint density at radius 1 is 1.15 bits per heavy atom. The fourth-order valence-electron chi connectivity index (χ4n) is 5.48. The van der Waals surface area contributed by atoms with Crippen molar-refractivity contribution in [1.29, 1.82) is 5.26 Å². The summed E-state index contributed by atoms with van der Waals surface area (Å²) in [4.78, 5) is 23.9. The normalized spacial score (nSPS) is 20.1. The molecule has 2 fully saturated rings. The molecule has 0 amide bonds. The quantitative estimate of drug-likeness (QED) is 0.513. The van der Waals surface area contributed by atoms with Gasteiger partial charge in [-0.3, -0.25) is 9.69 Å². The summed E-state index contributed by atoms with van der Waals surface area (Å²) in [6.07, 6.45) is 9.65. The molecule has 2 aliphatic rings. The molecule has 4 aromatic heterocycles. The molecule has 2 bridgehead atoms. The SMILES string of the molecule is Cc1cc(-c2ccc(N3CC4CCC(C3)N4Cc3ccc(=O)[nH]c3)nc2)c2c(C#N)cnn2c1. The first-order valence-corrected chi connectivity index (χ1v) is 11.6. The second-order valence-corrected chi connectivity index (χ2v) is 9.32. The van der Waals surface area contributed by atoms with E-state index < -0.39 is 0 Å². The molecular weight excluding hydrogens is 426 g/mol. The van der Waals surface area contributed by atoms with Crippen LogP contribution in [0.15, 0.2) is 59.9 Å². The van der Waals surface area contributed by atoms with Crippen molar-refractivity contribution in [2.75, 3.05) is 18.0 Å². The highest BCUT2D eigenvalue weighted by Crippen LogP contribution is 2.34. The Balaban J connectivity index is 1.23. The van der Waals surface area contributed by atoms with Gasteiger partial charge in [-0.25, -0.2) is 9.50 Å². The van der Waals surface area contributed by atoms with E-state index in [9.17, 15) is 10.1 Å². The molecule has 6 rings (SSSR count). The summed E-state index contributed by atoms with van der Waals surface area (Å²) in [5.41, 5.74) is 5.50. The van der Waals surface area contributed by atoms with E-state index in [0.717, 1.165) is 53.2 Å². The minimum atomic E-state index is -0.0606. The molecule has 0 aromatic carbocycles. The van der Waals surface area contributed by atoms with Crippen molar-refractivity contribution in [3.63, 3.8) is 0 Å². The van der Waals surface area contributed by atoms with E-state index in [1.807, 2.05) is 31.6 Å². The molecule has 34 heavy (non-hydrogen) atoms. The lowest BCUT2D eigenvalue weighted by atomic mass is 10.0. The number of nitrogens with one attached hydrogen (secondary N) is 1. The molecule has 2 aliphatic heterocycles. The number of rotatable bonds is 4. The molecule has 1 N–H and O–H groups in total. The first-order valence-electron chi connectivity index (χ1n) is 11.6.